The molecule has 1 aromatic heterocycles. The molecule has 1 atom stereocenters. The monoisotopic (exact) mass is 305 g/mol. The molecule has 1 amide bonds. The average molecular weight is 305 g/mol. The van der Waals surface area contributed by atoms with Crippen LogP contribution < -0.4 is 22.1 Å². The molecule has 0 radical (unpaired) electrons. The second kappa shape index (κ2) is 6.55. The first-order valence-electron chi connectivity index (χ1n) is 6.59. The summed E-state index contributed by atoms with van der Waals surface area (Å²) in [4.78, 5) is 11.5. The summed E-state index contributed by atoms with van der Waals surface area (Å²) in [6.45, 7) is 4.48. The number of amides is 1. The number of carbonyl (C=O) groups excluding carboxylic acids is 1. The zero-order valence-corrected chi connectivity index (χ0v) is 12.8. The van der Waals surface area contributed by atoms with E-state index in [1.807, 2.05) is 32.0 Å². The highest BCUT2D eigenvalue weighted by molar-refractivity contribution is 7.10. The second-order valence-corrected chi connectivity index (χ2v) is 5.75. The van der Waals surface area contributed by atoms with Crippen LogP contribution in [0.4, 0.5) is 16.4 Å². The van der Waals surface area contributed by atoms with Crippen molar-refractivity contribution in [3.63, 3.8) is 0 Å². The maximum absolute atomic E-state index is 11.5. The van der Waals surface area contributed by atoms with Crippen LogP contribution in [0, 0.1) is 6.92 Å². The number of nitrogens with two attached hydrogens (primary N) is 2. The quantitative estimate of drug-likeness (QED) is 0.653. The van der Waals surface area contributed by atoms with Gasteiger partial charge in [0.1, 0.15) is 5.00 Å². The number of nitrogens with one attached hydrogen (secondary N) is 2. The molecule has 6 nitrogen and oxygen atoms in total. The van der Waals surface area contributed by atoms with Gasteiger partial charge in [-0.05, 0) is 49.6 Å². The van der Waals surface area contributed by atoms with Crippen LogP contribution in [0.5, 0.6) is 0 Å². The number of rotatable bonds is 6. The molecule has 2 rings (SSSR count). The molecule has 0 saturated carbocycles. The number of carbonyl (C=O) groups is 1. The minimum absolute atomic E-state index is 0.0429. The van der Waals surface area contributed by atoms with E-state index >= 15 is 0 Å². The number of primary amides is 1. The van der Waals surface area contributed by atoms with Gasteiger partial charge in [-0.15, -0.1) is 0 Å². The van der Waals surface area contributed by atoms with Gasteiger partial charge in [0.25, 0.3) is 5.91 Å². The predicted molar refractivity (Wildman–Crippen MR) is 87.2 cm³/mol. The molecular formula is C14H19N5OS. The van der Waals surface area contributed by atoms with Crippen molar-refractivity contribution in [1.82, 2.24) is 4.37 Å². The van der Waals surface area contributed by atoms with Crippen LogP contribution in [-0.2, 0) is 0 Å². The summed E-state index contributed by atoms with van der Waals surface area (Å²) in [5, 5.41) is 7.26. The molecule has 0 aliphatic rings. The smallest absolute Gasteiger partial charge is 0.250 e. The van der Waals surface area contributed by atoms with Gasteiger partial charge in [0.05, 0.1) is 16.9 Å². The van der Waals surface area contributed by atoms with Gasteiger partial charge in [0.15, 0.2) is 0 Å². The highest BCUT2D eigenvalue weighted by atomic mass is 32.1. The molecule has 0 spiro atoms. The fourth-order valence-electron chi connectivity index (χ4n) is 1.81. The largest absolute Gasteiger partial charge is 0.383 e. The number of anilines is 3. The van der Waals surface area contributed by atoms with Crippen molar-refractivity contribution in [2.75, 3.05) is 17.2 Å². The van der Waals surface area contributed by atoms with Crippen LogP contribution in [0.25, 0.3) is 0 Å². The zero-order chi connectivity index (χ0) is 15.4. The standard InChI is InChI=1S/C14H19N5OS/c1-8(15)7-17-10-3-4-11(14(16)20)12(6-10)18-13-5-9(2)19-21-13/h3-6,8,17-18H,7,15H2,1-2H3,(H2,16,20). The third kappa shape index (κ3) is 4.17. The summed E-state index contributed by atoms with van der Waals surface area (Å²) < 4.78 is 4.20. The Hall–Kier alpha value is -2.12. The number of benzene rings is 1. The lowest BCUT2D eigenvalue weighted by atomic mass is 10.1. The first kappa shape index (κ1) is 15.3. The Bertz CT molecular complexity index is 638. The van der Waals surface area contributed by atoms with Crippen molar-refractivity contribution in [3.05, 3.63) is 35.5 Å². The second-order valence-electron chi connectivity index (χ2n) is 4.94. The molecule has 6 N–H and O–H groups in total. The molecule has 1 unspecified atom stereocenters. The normalized spacial score (nSPS) is 12.0. The molecule has 0 aliphatic heterocycles. The fourth-order valence-corrected chi connectivity index (χ4v) is 2.48. The minimum Gasteiger partial charge on any atom is -0.383 e. The molecule has 21 heavy (non-hydrogen) atoms. The fraction of sp³-hybridized carbons (Fsp3) is 0.286. The Labute approximate surface area is 127 Å². The average Bonchev–Trinajstić information content (AvgIpc) is 2.81. The maximum Gasteiger partial charge on any atom is 0.250 e. The van der Waals surface area contributed by atoms with Gasteiger partial charge in [-0.3, -0.25) is 4.79 Å². The first-order valence-corrected chi connectivity index (χ1v) is 7.36. The Morgan fingerprint density at radius 2 is 2.19 bits per heavy atom. The number of aryl methyl sites for hydroxylation is 1. The summed E-state index contributed by atoms with van der Waals surface area (Å²) in [6, 6.07) is 7.31. The van der Waals surface area contributed by atoms with Gasteiger partial charge in [0.2, 0.25) is 0 Å². The van der Waals surface area contributed by atoms with Crippen LogP contribution >= 0.6 is 11.5 Å². The van der Waals surface area contributed by atoms with E-state index in [1.165, 1.54) is 11.5 Å². The van der Waals surface area contributed by atoms with Crippen molar-refractivity contribution in [2.24, 2.45) is 11.5 Å². The van der Waals surface area contributed by atoms with Crippen LogP contribution in [0.15, 0.2) is 24.3 Å². The topological polar surface area (TPSA) is 106 Å². The van der Waals surface area contributed by atoms with Crippen molar-refractivity contribution in [2.45, 2.75) is 19.9 Å². The summed E-state index contributed by atoms with van der Waals surface area (Å²) >= 11 is 1.34. The van der Waals surface area contributed by atoms with Crippen LogP contribution in [0.1, 0.15) is 23.0 Å². The Morgan fingerprint density at radius 3 is 2.76 bits per heavy atom. The zero-order valence-electron chi connectivity index (χ0n) is 12.0. The molecule has 112 valence electrons. The Kier molecular flexibility index (Phi) is 4.77. The number of hydrogen-bond donors (Lipinski definition) is 4. The van der Waals surface area contributed by atoms with Crippen LogP contribution in [-0.4, -0.2) is 22.9 Å². The van der Waals surface area contributed by atoms with E-state index in [0.29, 0.717) is 17.8 Å². The molecule has 2 aromatic rings. The molecule has 0 aliphatic carbocycles. The summed E-state index contributed by atoms with van der Waals surface area (Å²) in [6.07, 6.45) is 0. The maximum atomic E-state index is 11.5. The van der Waals surface area contributed by atoms with Crippen molar-refractivity contribution in [3.8, 4) is 0 Å². The van der Waals surface area contributed by atoms with Gasteiger partial charge in [-0.25, -0.2) is 0 Å². The van der Waals surface area contributed by atoms with E-state index in [-0.39, 0.29) is 6.04 Å². The summed E-state index contributed by atoms with van der Waals surface area (Å²) in [5.74, 6) is -0.475. The Balaban J connectivity index is 2.26. The van der Waals surface area contributed by atoms with Gasteiger partial charge < -0.3 is 22.1 Å². The van der Waals surface area contributed by atoms with Crippen LogP contribution in [0.3, 0.4) is 0 Å². The molecule has 0 bridgehead atoms. The van der Waals surface area contributed by atoms with E-state index in [4.69, 9.17) is 11.5 Å². The number of hydrogen-bond acceptors (Lipinski definition) is 6. The molecule has 0 saturated heterocycles. The number of nitrogens with zero attached hydrogens (tertiary/aromatic N) is 1. The molecular weight excluding hydrogens is 286 g/mol. The third-order valence-corrected chi connectivity index (χ3v) is 3.59. The van der Waals surface area contributed by atoms with Gasteiger partial charge >= 0.3 is 0 Å². The van der Waals surface area contributed by atoms with Crippen molar-refractivity contribution in [1.29, 1.82) is 0 Å². The van der Waals surface area contributed by atoms with Gasteiger partial charge in [-0.2, -0.15) is 4.37 Å². The lowest BCUT2D eigenvalue weighted by Gasteiger charge is -2.13. The summed E-state index contributed by atoms with van der Waals surface area (Å²) in [7, 11) is 0. The third-order valence-electron chi connectivity index (χ3n) is 2.80. The lowest BCUT2D eigenvalue weighted by Crippen LogP contribution is -2.25. The van der Waals surface area contributed by atoms with E-state index in [2.05, 4.69) is 15.0 Å². The Morgan fingerprint density at radius 1 is 1.43 bits per heavy atom. The molecule has 0 fully saturated rings. The van der Waals surface area contributed by atoms with E-state index in [1.54, 1.807) is 6.07 Å². The summed E-state index contributed by atoms with van der Waals surface area (Å²) in [5.41, 5.74) is 14.0. The first-order chi connectivity index (χ1) is 9.95. The van der Waals surface area contributed by atoms with Gasteiger partial charge in [-0.1, -0.05) is 0 Å². The van der Waals surface area contributed by atoms with Crippen LogP contribution in [0.2, 0.25) is 0 Å². The lowest BCUT2D eigenvalue weighted by molar-refractivity contribution is 0.100. The SMILES string of the molecule is Cc1cc(Nc2cc(NCC(C)N)ccc2C(N)=O)sn1. The molecule has 1 heterocycles. The highest BCUT2D eigenvalue weighted by Crippen LogP contribution is 2.27. The predicted octanol–water partition coefficient (Wildman–Crippen LogP) is 2.05. The molecule has 1 aromatic carbocycles. The van der Waals surface area contributed by atoms with Crippen molar-refractivity contribution >= 4 is 33.8 Å². The van der Waals surface area contributed by atoms with E-state index < -0.39 is 5.91 Å². The number of aromatic nitrogens is 1. The van der Waals surface area contributed by atoms with Crippen molar-refractivity contribution < 1.29 is 4.79 Å². The van der Waals surface area contributed by atoms with E-state index in [0.717, 1.165) is 16.4 Å². The highest BCUT2D eigenvalue weighted by Gasteiger charge is 2.11. The minimum atomic E-state index is -0.475. The molecule has 7 heteroatoms. The van der Waals surface area contributed by atoms with E-state index in [9.17, 15) is 4.79 Å². The van der Waals surface area contributed by atoms with Gasteiger partial charge in [0, 0.05) is 18.3 Å².